The van der Waals surface area contributed by atoms with Gasteiger partial charge in [0, 0.05) is 17.6 Å². The molecule has 0 saturated carbocycles. The van der Waals surface area contributed by atoms with Gasteiger partial charge in [0.05, 0.1) is 13.5 Å². The van der Waals surface area contributed by atoms with E-state index in [1.165, 1.54) is 25.3 Å². The van der Waals surface area contributed by atoms with Crippen molar-refractivity contribution in [1.29, 1.82) is 0 Å². The van der Waals surface area contributed by atoms with Crippen molar-refractivity contribution in [3.05, 3.63) is 29.6 Å². The van der Waals surface area contributed by atoms with Gasteiger partial charge in [-0.3, -0.25) is 4.79 Å². The molecule has 2 atom stereocenters. The molecule has 0 aliphatic heterocycles. The maximum Gasteiger partial charge on any atom is 0.304 e. The van der Waals surface area contributed by atoms with Crippen molar-refractivity contribution in [2.45, 2.75) is 18.5 Å². The minimum atomic E-state index is -1.05. The van der Waals surface area contributed by atoms with E-state index in [-0.39, 0.29) is 6.42 Å². The monoisotopic (exact) mass is 242 g/mol. The highest BCUT2D eigenvalue weighted by molar-refractivity contribution is 5.67. The first-order valence-corrected chi connectivity index (χ1v) is 5.02. The van der Waals surface area contributed by atoms with E-state index >= 15 is 0 Å². The van der Waals surface area contributed by atoms with Crippen LogP contribution in [0, 0.1) is 5.82 Å². The average Bonchev–Trinajstić information content (AvgIpc) is 2.27. The number of carbonyl (C=O) groups is 1. The van der Waals surface area contributed by atoms with Crippen LogP contribution in [0.1, 0.15) is 18.0 Å². The molecule has 6 heteroatoms. The zero-order valence-corrected chi connectivity index (χ0v) is 9.39. The topological polar surface area (TPSA) is 98.6 Å². The first-order valence-electron chi connectivity index (χ1n) is 5.02. The molecule has 0 aliphatic rings. The maximum absolute atomic E-state index is 13.1. The van der Waals surface area contributed by atoms with E-state index in [4.69, 9.17) is 21.3 Å². The molecule has 0 heterocycles. The van der Waals surface area contributed by atoms with Crippen molar-refractivity contribution >= 4 is 5.97 Å². The van der Waals surface area contributed by atoms with Crippen LogP contribution < -0.4 is 16.2 Å². The quantitative estimate of drug-likeness (QED) is 0.703. The lowest BCUT2D eigenvalue weighted by molar-refractivity contribution is -0.137. The molecule has 5 N–H and O–H groups in total. The number of nitrogens with two attached hydrogens (primary N) is 2. The molecule has 2 unspecified atom stereocenters. The molecule has 0 amide bonds. The number of halogens is 1. The molecule has 0 saturated heterocycles. The molecular weight excluding hydrogens is 227 g/mol. The number of carboxylic acids is 1. The Morgan fingerprint density at radius 3 is 2.71 bits per heavy atom. The number of carboxylic acid groups (broad SMARTS) is 1. The molecule has 0 spiro atoms. The maximum atomic E-state index is 13.1. The summed E-state index contributed by atoms with van der Waals surface area (Å²) in [5.74, 6) is -1.14. The van der Waals surface area contributed by atoms with E-state index < -0.39 is 23.9 Å². The Bertz CT molecular complexity index is 412. The first-order chi connectivity index (χ1) is 7.95. The Labute approximate surface area is 98.2 Å². The van der Waals surface area contributed by atoms with Crippen LogP contribution in [0.5, 0.6) is 5.75 Å². The highest BCUT2D eigenvalue weighted by atomic mass is 19.1. The minimum Gasteiger partial charge on any atom is -0.496 e. The van der Waals surface area contributed by atoms with Crippen LogP contribution in [0.15, 0.2) is 18.2 Å². The lowest BCUT2D eigenvalue weighted by atomic mass is 9.97. The van der Waals surface area contributed by atoms with Crippen LogP contribution in [-0.4, -0.2) is 24.2 Å². The van der Waals surface area contributed by atoms with Crippen molar-refractivity contribution in [2.75, 3.05) is 7.11 Å². The van der Waals surface area contributed by atoms with Gasteiger partial charge in [-0.1, -0.05) is 0 Å². The predicted octanol–water partition coefficient (Wildman–Crippen LogP) is 0.636. The molecule has 1 aromatic carbocycles. The van der Waals surface area contributed by atoms with Gasteiger partial charge in [-0.05, 0) is 18.2 Å². The Balaban J connectivity index is 2.97. The van der Waals surface area contributed by atoms with Crippen LogP contribution in [0.4, 0.5) is 4.39 Å². The van der Waals surface area contributed by atoms with Crippen LogP contribution in [0.25, 0.3) is 0 Å². The van der Waals surface area contributed by atoms with E-state index in [2.05, 4.69) is 0 Å². The minimum absolute atomic E-state index is 0.291. The third kappa shape index (κ3) is 3.40. The van der Waals surface area contributed by atoms with E-state index in [0.717, 1.165) is 0 Å². The molecule has 0 radical (unpaired) electrons. The number of rotatable bonds is 5. The van der Waals surface area contributed by atoms with Gasteiger partial charge >= 0.3 is 5.97 Å². The number of hydrogen-bond donors (Lipinski definition) is 3. The van der Waals surface area contributed by atoms with Gasteiger partial charge in [-0.15, -0.1) is 0 Å². The fraction of sp³-hybridized carbons (Fsp3) is 0.364. The second-order valence-corrected chi connectivity index (χ2v) is 3.67. The Morgan fingerprint density at radius 2 is 2.18 bits per heavy atom. The summed E-state index contributed by atoms with van der Waals surface area (Å²) >= 11 is 0. The molecule has 94 valence electrons. The molecule has 17 heavy (non-hydrogen) atoms. The number of aliphatic carboxylic acids is 1. The molecule has 5 nitrogen and oxygen atoms in total. The molecule has 0 aliphatic carbocycles. The fourth-order valence-corrected chi connectivity index (χ4v) is 1.52. The van der Waals surface area contributed by atoms with Crippen molar-refractivity contribution in [2.24, 2.45) is 11.5 Å². The number of methoxy groups -OCH3 is 1. The lowest BCUT2D eigenvalue weighted by Gasteiger charge is -2.20. The standard InChI is InChI=1S/C11H15FN2O3/c1-17-9-3-2-6(12)4-7(9)11(14)8(13)5-10(15)16/h2-4,8,11H,5,13-14H2,1H3,(H,15,16). The zero-order chi connectivity index (χ0) is 13.0. The summed E-state index contributed by atoms with van der Waals surface area (Å²) in [5, 5.41) is 8.62. The number of benzene rings is 1. The van der Waals surface area contributed by atoms with Crippen molar-refractivity contribution in [3.8, 4) is 5.75 Å². The second kappa shape index (κ2) is 5.60. The highest BCUT2D eigenvalue weighted by Gasteiger charge is 2.21. The average molecular weight is 242 g/mol. The van der Waals surface area contributed by atoms with Gasteiger partial charge in [0.1, 0.15) is 11.6 Å². The van der Waals surface area contributed by atoms with Crippen LogP contribution in [0.3, 0.4) is 0 Å². The zero-order valence-electron chi connectivity index (χ0n) is 9.39. The smallest absolute Gasteiger partial charge is 0.304 e. The Morgan fingerprint density at radius 1 is 1.53 bits per heavy atom. The summed E-state index contributed by atoms with van der Waals surface area (Å²) in [7, 11) is 1.42. The number of ether oxygens (including phenoxy) is 1. The summed E-state index contributed by atoms with van der Waals surface area (Å²) < 4.78 is 18.1. The van der Waals surface area contributed by atoms with Gasteiger partial charge in [0.15, 0.2) is 0 Å². The van der Waals surface area contributed by atoms with E-state index in [1.807, 2.05) is 0 Å². The van der Waals surface area contributed by atoms with E-state index in [1.54, 1.807) is 0 Å². The first kappa shape index (κ1) is 13.4. The summed E-state index contributed by atoms with van der Waals surface area (Å²) in [6.07, 6.45) is -0.291. The molecule has 0 bridgehead atoms. The summed E-state index contributed by atoms with van der Waals surface area (Å²) in [6.45, 7) is 0. The van der Waals surface area contributed by atoms with Crippen LogP contribution in [0.2, 0.25) is 0 Å². The van der Waals surface area contributed by atoms with Crippen molar-refractivity contribution < 1.29 is 19.0 Å². The van der Waals surface area contributed by atoms with Crippen molar-refractivity contribution in [3.63, 3.8) is 0 Å². The van der Waals surface area contributed by atoms with Crippen LogP contribution in [-0.2, 0) is 4.79 Å². The fourth-order valence-electron chi connectivity index (χ4n) is 1.52. The Kier molecular flexibility index (Phi) is 4.42. The molecule has 0 fully saturated rings. The van der Waals surface area contributed by atoms with Gasteiger partial charge in [0.25, 0.3) is 0 Å². The van der Waals surface area contributed by atoms with E-state index in [9.17, 15) is 9.18 Å². The molecular formula is C11H15FN2O3. The number of hydrogen-bond acceptors (Lipinski definition) is 4. The highest BCUT2D eigenvalue weighted by Crippen LogP contribution is 2.26. The molecule has 1 rings (SSSR count). The predicted molar refractivity (Wildman–Crippen MR) is 60.1 cm³/mol. The van der Waals surface area contributed by atoms with E-state index in [0.29, 0.717) is 11.3 Å². The van der Waals surface area contributed by atoms with Gasteiger partial charge in [-0.2, -0.15) is 0 Å². The van der Waals surface area contributed by atoms with Gasteiger partial charge in [0.2, 0.25) is 0 Å². The van der Waals surface area contributed by atoms with Gasteiger partial charge in [-0.25, -0.2) is 4.39 Å². The molecule has 0 aromatic heterocycles. The largest absolute Gasteiger partial charge is 0.496 e. The summed E-state index contributed by atoms with van der Waals surface area (Å²) in [5.41, 5.74) is 11.8. The van der Waals surface area contributed by atoms with Crippen LogP contribution >= 0.6 is 0 Å². The Hall–Kier alpha value is -1.66. The van der Waals surface area contributed by atoms with Crippen molar-refractivity contribution in [1.82, 2.24) is 0 Å². The van der Waals surface area contributed by atoms with Gasteiger partial charge < -0.3 is 21.3 Å². The SMILES string of the molecule is COc1ccc(F)cc1C(N)C(N)CC(=O)O. The third-order valence-corrected chi connectivity index (χ3v) is 2.42. The summed E-state index contributed by atoms with van der Waals surface area (Å²) in [6, 6.07) is 2.26. The normalized spacial score (nSPS) is 14.1. The second-order valence-electron chi connectivity index (χ2n) is 3.67. The molecule has 1 aromatic rings. The third-order valence-electron chi connectivity index (χ3n) is 2.42. The summed E-state index contributed by atoms with van der Waals surface area (Å²) in [4.78, 5) is 10.5. The lowest BCUT2D eigenvalue weighted by Crippen LogP contribution is -2.36.